The Balaban J connectivity index is 1.67. The fraction of sp³-hybridized carbons (Fsp3) is 0.667. The summed E-state index contributed by atoms with van der Waals surface area (Å²) in [6.45, 7) is 2.88. The number of sulfonamides is 1. The number of rotatable bonds is 7. The smallest absolute Gasteiger partial charge is 0.268 e. The largest absolute Gasteiger partial charge is 0.491 e. The lowest BCUT2D eigenvalue weighted by Gasteiger charge is -2.37. The first-order chi connectivity index (χ1) is 12.9. The molecule has 0 spiro atoms. The van der Waals surface area contributed by atoms with Gasteiger partial charge in [-0.1, -0.05) is 13.3 Å². The molecule has 1 aromatic heterocycles. The molecule has 2 unspecified atom stereocenters. The molecule has 2 fully saturated rings. The van der Waals surface area contributed by atoms with E-state index in [0.717, 1.165) is 19.3 Å². The molecule has 9 heteroatoms. The SMILES string of the molecule is CCCCS(=O)(=O)N1CC2CCC(C1)C2NC(=O)c1cc(=O)c(OC)c[nH]1. The molecular formula is C18H27N3O5S. The Morgan fingerprint density at radius 3 is 2.56 bits per heavy atom. The fourth-order valence-electron chi connectivity index (χ4n) is 4.08. The van der Waals surface area contributed by atoms with E-state index >= 15 is 0 Å². The number of piperidine rings is 1. The van der Waals surface area contributed by atoms with Crippen LogP contribution in [0.1, 0.15) is 43.1 Å². The predicted molar refractivity (Wildman–Crippen MR) is 101 cm³/mol. The second kappa shape index (κ2) is 8.02. The molecule has 2 heterocycles. The van der Waals surface area contributed by atoms with Crippen LogP contribution in [0.2, 0.25) is 0 Å². The van der Waals surface area contributed by atoms with Crippen molar-refractivity contribution in [1.29, 1.82) is 0 Å². The van der Waals surface area contributed by atoms with Crippen LogP contribution in [0.5, 0.6) is 5.75 Å². The fourth-order valence-corrected chi connectivity index (χ4v) is 5.83. The minimum absolute atomic E-state index is 0.0688. The number of carbonyl (C=O) groups is 1. The van der Waals surface area contributed by atoms with E-state index in [-0.39, 0.29) is 46.4 Å². The third-order valence-electron chi connectivity index (χ3n) is 5.59. The number of aromatic amines is 1. The zero-order valence-corrected chi connectivity index (χ0v) is 16.5. The Morgan fingerprint density at radius 2 is 2.00 bits per heavy atom. The van der Waals surface area contributed by atoms with Gasteiger partial charge in [-0.2, -0.15) is 0 Å². The van der Waals surface area contributed by atoms with Crippen molar-refractivity contribution in [3.63, 3.8) is 0 Å². The summed E-state index contributed by atoms with van der Waals surface area (Å²) in [5.74, 6) is 0.201. The third kappa shape index (κ3) is 4.19. The van der Waals surface area contributed by atoms with Gasteiger partial charge in [0, 0.05) is 31.4 Å². The van der Waals surface area contributed by atoms with Gasteiger partial charge >= 0.3 is 0 Å². The van der Waals surface area contributed by atoms with E-state index in [1.165, 1.54) is 19.4 Å². The van der Waals surface area contributed by atoms with Gasteiger partial charge in [0.25, 0.3) is 5.91 Å². The first-order valence-corrected chi connectivity index (χ1v) is 11.0. The highest BCUT2D eigenvalue weighted by molar-refractivity contribution is 7.89. The topological polar surface area (TPSA) is 109 Å². The zero-order valence-electron chi connectivity index (χ0n) is 15.7. The molecule has 2 bridgehead atoms. The van der Waals surface area contributed by atoms with E-state index < -0.39 is 10.0 Å². The molecule has 1 aliphatic heterocycles. The van der Waals surface area contributed by atoms with Gasteiger partial charge in [0.05, 0.1) is 12.9 Å². The lowest BCUT2D eigenvalue weighted by Crippen LogP contribution is -2.54. The molecule has 3 rings (SSSR count). The first-order valence-electron chi connectivity index (χ1n) is 9.41. The molecule has 1 aliphatic carbocycles. The summed E-state index contributed by atoms with van der Waals surface area (Å²) in [7, 11) is -1.84. The molecule has 2 atom stereocenters. The summed E-state index contributed by atoms with van der Waals surface area (Å²) in [5, 5.41) is 3.01. The number of fused-ring (bicyclic) bond motifs is 2. The van der Waals surface area contributed by atoms with E-state index in [0.29, 0.717) is 19.5 Å². The van der Waals surface area contributed by atoms with Gasteiger partial charge in [-0.05, 0) is 31.1 Å². The molecular weight excluding hydrogens is 370 g/mol. The van der Waals surface area contributed by atoms with Crippen LogP contribution in [0.15, 0.2) is 17.1 Å². The standard InChI is InChI=1S/C18H27N3O5S/c1-3-4-7-27(24,25)21-10-12-5-6-13(11-21)17(12)20-18(23)14-8-15(22)16(26-2)9-19-14/h8-9,12-13,17H,3-7,10-11H2,1-2H3,(H,19,22)(H,20,23). The lowest BCUT2D eigenvalue weighted by molar-refractivity contribution is 0.0882. The Hall–Kier alpha value is -1.87. The maximum Gasteiger partial charge on any atom is 0.268 e. The number of carbonyl (C=O) groups excluding carboxylic acids is 1. The van der Waals surface area contributed by atoms with Crippen LogP contribution in [-0.4, -0.2) is 55.6 Å². The Bertz CT molecular complexity index is 837. The summed E-state index contributed by atoms with van der Waals surface area (Å²) in [6.07, 6.45) is 4.68. The third-order valence-corrected chi connectivity index (χ3v) is 7.48. The summed E-state index contributed by atoms with van der Waals surface area (Å²) < 4.78 is 31.5. The van der Waals surface area contributed by atoms with Gasteiger partial charge in [0.2, 0.25) is 15.5 Å². The molecule has 2 N–H and O–H groups in total. The molecule has 1 saturated carbocycles. The van der Waals surface area contributed by atoms with Gasteiger partial charge < -0.3 is 15.0 Å². The molecule has 1 saturated heterocycles. The Morgan fingerprint density at radius 1 is 1.33 bits per heavy atom. The van der Waals surface area contributed by atoms with Crippen molar-refractivity contribution in [2.45, 2.75) is 38.6 Å². The average Bonchev–Trinajstić information content (AvgIpc) is 2.87. The molecule has 2 aliphatic rings. The van der Waals surface area contributed by atoms with Gasteiger partial charge in [-0.15, -0.1) is 0 Å². The molecule has 1 amide bonds. The van der Waals surface area contributed by atoms with Crippen molar-refractivity contribution >= 4 is 15.9 Å². The van der Waals surface area contributed by atoms with Crippen LogP contribution in [0.4, 0.5) is 0 Å². The number of methoxy groups -OCH3 is 1. The van der Waals surface area contributed by atoms with Crippen molar-refractivity contribution in [2.75, 3.05) is 26.0 Å². The Labute approximate surface area is 159 Å². The van der Waals surface area contributed by atoms with Gasteiger partial charge in [0.1, 0.15) is 5.69 Å². The molecule has 0 radical (unpaired) electrons. The monoisotopic (exact) mass is 397 g/mol. The number of nitrogens with zero attached hydrogens (tertiary/aromatic N) is 1. The highest BCUT2D eigenvalue weighted by Crippen LogP contribution is 2.38. The minimum atomic E-state index is -3.23. The predicted octanol–water partition coefficient (Wildman–Crippen LogP) is 0.954. The number of aromatic nitrogens is 1. The number of nitrogens with one attached hydrogen (secondary N) is 2. The number of hydrogen-bond donors (Lipinski definition) is 2. The van der Waals surface area contributed by atoms with Gasteiger partial charge in [-0.25, -0.2) is 12.7 Å². The first kappa shape index (κ1) is 19.9. The summed E-state index contributed by atoms with van der Waals surface area (Å²) in [6, 6.07) is 1.15. The lowest BCUT2D eigenvalue weighted by atomic mass is 9.93. The van der Waals surface area contributed by atoms with Crippen LogP contribution in [-0.2, 0) is 10.0 Å². The van der Waals surface area contributed by atoms with E-state index in [1.54, 1.807) is 4.31 Å². The van der Waals surface area contributed by atoms with Gasteiger partial charge in [0.15, 0.2) is 5.75 Å². The van der Waals surface area contributed by atoms with Crippen LogP contribution in [0.3, 0.4) is 0 Å². The number of hydrogen-bond acceptors (Lipinski definition) is 5. The van der Waals surface area contributed by atoms with Crippen molar-refractivity contribution in [2.24, 2.45) is 11.8 Å². The second-order valence-corrected chi connectivity index (χ2v) is 9.45. The molecule has 1 aromatic rings. The molecule has 0 aromatic carbocycles. The normalized spacial score (nSPS) is 25.3. The molecule has 150 valence electrons. The quantitative estimate of drug-likeness (QED) is 0.712. The number of unbranched alkanes of at least 4 members (excludes halogenated alkanes) is 1. The number of pyridine rings is 1. The zero-order chi connectivity index (χ0) is 19.6. The summed E-state index contributed by atoms with van der Waals surface area (Å²) >= 11 is 0. The van der Waals surface area contributed by atoms with Crippen molar-refractivity contribution in [3.8, 4) is 5.75 Å². The summed E-state index contributed by atoms with van der Waals surface area (Å²) in [4.78, 5) is 27.2. The van der Waals surface area contributed by atoms with Crippen molar-refractivity contribution in [3.05, 3.63) is 28.2 Å². The average molecular weight is 397 g/mol. The number of ether oxygens (including phenoxy) is 1. The summed E-state index contributed by atoms with van der Waals surface area (Å²) in [5.41, 5.74) is -0.181. The molecule has 8 nitrogen and oxygen atoms in total. The van der Waals surface area contributed by atoms with Crippen molar-refractivity contribution < 1.29 is 17.9 Å². The van der Waals surface area contributed by atoms with Crippen LogP contribution < -0.4 is 15.5 Å². The van der Waals surface area contributed by atoms with Crippen molar-refractivity contribution in [1.82, 2.24) is 14.6 Å². The Kier molecular flexibility index (Phi) is 5.90. The maximum absolute atomic E-state index is 12.5. The minimum Gasteiger partial charge on any atom is -0.491 e. The van der Waals surface area contributed by atoms with E-state index in [2.05, 4.69) is 10.3 Å². The van der Waals surface area contributed by atoms with Crippen LogP contribution in [0.25, 0.3) is 0 Å². The van der Waals surface area contributed by atoms with Gasteiger partial charge in [-0.3, -0.25) is 9.59 Å². The maximum atomic E-state index is 12.5. The van der Waals surface area contributed by atoms with E-state index in [1.807, 2.05) is 6.92 Å². The highest BCUT2D eigenvalue weighted by atomic mass is 32.2. The van der Waals surface area contributed by atoms with E-state index in [4.69, 9.17) is 4.74 Å². The second-order valence-electron chi connectivity index (χ2n) is 7.36. The van der Waals surface area contributed by atoms with Crippen LogP contribution >= 0.6 is 0 Å². The number of H-pyrrole nitrogens is 1. The van der Waals surface area contributed by atoms with Crippen LogP contribution in [0, 0.1) is 11.8 Å². The molecule has 27 heavy (non-hydrogen) atoms. The number of amides is 1. The van der Waals surface area contributed by atoms with E-state index in [9.17, 15) is 18.0 Å². The highest BCUT2D eigenvalue weighted by Gasteiger charge is 2.45.